The van der Waals surface area contributed by atoms with Crippen molar-refractivity contribution < 1.29 is 4.79 Å². The number of nitrogens with zero attached hydrogens (tertiary/aromatic N) is 3. The number of carbonyl (C=O) groups excluding carboxylic acids is 1. The number of thioether (sulfide) groups is 1. The Bertz CT molecular complexity index is 729. The van der Waals surface area contributed by atoms with Crippen molar-refractivity contribution in [3.05, 3.63) is 29.8 Å². The van der Waals surface area contributed by atoms with Gasteiger partial charge in [-0.2, -0.15) is 0 Å². The second kappa shape index (κ2) is 8.86. The predicted octanol–water partition coefficient (Wildman–Crippen LogP) is 4.90. The lowest BCUT2D eigenvalue weighted by Gasteiger charge is -2.33. The van der Waals surface area contributed by atoms with E-state index in [1.54, 1.807) is 0 Å². The number of rotatable bonds is 6. The zero-order valence-electron chi connectivity index (χ0n) is 15.6. The fourth-order valence-corrected chi connectivity index (χ4v) is 4.73. The molecule has 26 heavy (non-hydrogen) atoms. The Hall–Kier alpha value is -1.60. The van der Waals surface area contributed by atoms with Crippen LogP contribution in [0.2, 0.25) is 0 Å². The number of hydrogen-bond acceptors (Lipinski definition) is 6. The van der Waals surface area contributed by atoms with Gasteiger partial charge in [-0.05, 0) is 49.8 Å². The maximum absolute atomic E-state index is 12.4. The summed E-state index contributed by atoms with van der Waals surface area (Å²) < 4.78 is 0.823. The van der Waals surface area contributed by atoms with E-state index in [9.17, 15) is 4.79 Å². The van der Waals surface area contributed by atoms with Crippen molar-refractivity contribution in [3.63, 3.8) is 0 Å². The van der Waals surface area contributed by atoms with Gasteiger partial charge in [0.15, 0.2) is 4.34 Å². The number of hydrogen-bond donors (Lipinski definition) is 1. The van der Waals surface area contributed by atoms with Crippen molar-refractivity contribution >= 4 is 39.8 Å². The summed E-state index contributed by atoms with van der Waals surface area (Å²) >= 11 is 2.96. The van der Waals surface area contributed by atoms with E-state index in [0.717, 1.165) is 34.5 Å². The van der Waals surface area contributed by atoms with Gasteiger partial charge >= 0.3 is 0 Å². The van der Waals surface area contributed by atoms with E-state index < -0.39 is 0 Å². The van der Waals surface area contributed by atoms with Crippen LogP contribution < -0.4 is 5.32 Å². The highest BCUT2D eigenvalue weighted by Gasteiger charge is 2.23. The fourth-order valence-electron chi connectivity index (χ4n) is 3.07. The van der Waals surface area contributed by atoms with E-state index in [1.165, 1.54) is 35.1 Å². The minimum atomic E-state index is 0.205. The summed E-state index contributed by atoms with van der Waals surface area (Å²) in [6.45, 7) is 7.39. The normalized spacial score (nSPS) is 17.5. The second-order valence-corrected chi connectivity index (χ2v) is 9.20. The summed E-state index contributed by atoms with van der Waals surface area (Å²) in [4.78, 5) is 14.4. The molecule has 0 spiro atoms. The molecule has 0 saturated carbocycles. The number of benzene rings is 1. The molecule has 2 heterocycles. The van der Waals surface area contributed by atoms with Crippen molar-refractivity contribution in [2.45, 2.75) is 56.3 Å². The minimum Gasteiger partial charge on any atom is -0.339 e. The maximum atomic E-state index is 12.4. The van der Waals surface area contributed by atoms with Crippen LogP contribution in [-0.2, 0) is 4.79 Å². The monoisotopic (exact) mass is 390 g/mol. The van der Waals surface area contributed by atoms with Gasteiger partial charge in [-0.25, -0.2) is 0 Å². The Morgan fingerprint density at radius 1 is 1.31 bits per heavy atom. The summed E-state index contributed by atoms with van der Waals surface area (Å²) in [5, 5.41) is 12.4. The second-order valence-electron chi connectivity index (χ2n) is 7.00. The van der Waals surface area contributed by atoms with E-state index in [4.69, 9.17) is 0 Å². The maximum Gasteiger partial charge on any atom is 0.233 e. The molecule has 1 amide bonds. The smallest absolute Gasteiger partial charge is 0.233 e. The molecule has 1 aromatic carbocycles. The van der Waals surface area contributed by atoms with Crippen LogP contribution in [0.4, 0.5) is 10.8 Å². The number of likely N-dealkylation sites (tertiary alicyclic amines) is 1. The lowest BCUT2D eigenvalue weighted by Crippen LogP contribution is -2.42. The molecule has 140 valence electrons. The molecule has 0 bridgehead atoms. The van der Waals surface area contributed by atoms with Gasteiger partial charge in [0.2, 0.25) is 11.0 Å². The number of nitrogens with one attached hydrogen (secondary N) is 1. The molecule has 0 radical (unpaired) electrons. The third kappa shape index (κ3) is 4.98. The van der Waals surface area contributed by atoms with Crippen LogP contribution in [0.5, 0.6) is 0 Å². The Balaban J connectivity index is 1.52. The first-order valence-corrected chi connectivity index (χ1v) is 11.0. The SMILES string of the molecule is CC(C)c1ccc(Nc2nnc(SCC(=O)N3CCCCC3C)s2)cc1. The molecule has 1 aromatic heterocycles. The Labute approximate surface area is 163 Å². The highest BCUT2D eigenvalue weighted by molar-refractivity contribution is 8.01. The summed E-state index contributed by atoms with van der Waals surface area (Å²) in [6.07, 6.45) is 3.45. The summed E-state index contributed by atoms with van der Waals surface area (Å²) in [5.74, 6) is 1.16. The van der Waals surface area contributed by atoms with Crippen LogP contribution in [0, 0.1) is 0 Å². The molecule has 1 atom stereocenters. The third-order valence-electron chi connectivity index (χ3n) is 4.68. The van der Waals surface area contributed by atoms with Gasteiger partial charge in [0.05, 0.1) is 5.75 Å². The zero-order valence-corrected chi connectivity index (χ0v) is 17.2. The first-order valence-electron chi connectivity index (χ1n) is 9.15. The summed E-state index contributed by atoms with van der Waals surface area (Å²) in [5.41, 5.74) is 2.31. The number of aromatic nitrogens is 2. The summed E-state index contributed by atoms with van der Waals surface area (Å²) in [7, 11) is 0. The van der Waals surface area contributed by atoms with Crippen LogP contribution in [0.3, 0.4) is 0 Å². The van der Waals surface area contributed by atoms with Crippen molar-refractivity contribution in [3.8, 4) is 0 Å². The van der Waals surface area contributed by atoms with Crippen LogP contribution in [-0.4, -0.2) is 39.3 Å². The molecular formula is C19H26N4OS2. The van der Waals surface area contributed by atoms with Gasteiger partial charge in [-0.3, -0.25) is 4.79 Å². The Kier molecular flexibility index (Phi) is 6.53. The van der Waals surface area contributed by atoms with Gasteiger partial charge in [0, 0.05) is 18.3 Å². The number of amides is 1. The van der Waals surface area contributed by atoms with E-state index in [1.807, 2.05) is 4.90 Å². The highest BCUT2D eigenvalue weighted by Crippen LogP contribution is 2.29. The highest BCUT2D eigenvalue weighted by atomic mass is 32.2. The number of carbonyl (C=O) groups is 1. The van der Waals surface area contributed by atoms with Gasteiger partial charge in [0.25, 0.3) is 0 Å². The fraction of sp³-hybridized carbons (Fsp3) is 0.526. The quantitative estimate of drug-likeness (QED) is 0.711. The molecule has 1 aliphatic rings. The zero-order chi connectivity index (χ0) is 18.5. The lowest BCUT2D eigenvalue weighted by atomic mass is 10.0. The van der Waals surface area contributed by atoms with Crippen LogP contribution >= 0.6 is 23.1 Å². The average Bonchev–Trinajstić information content (AvgIpc) is 3.08. The molecule has 7 heteroatoms. The van der Waals surface area contributed by atoms with Crippen molar-refractivity contribution in [1.82, 2.24) is 15.1 Å². The van der Waals surface area contributed by atoms with Crippen LogP contribution in [0.1, 0.15) is 51.5 Å². The van der Waals surface area contributed by atoms with Crippen molar-refractivity contribution in [2.24, 2.45) is 0 Å². The Morgan fingerprint density at radius 2 is 2.08 bits per heavy atom. The molecule has 5 nitrogen and oxygen atoms in total. The lowest BCUT2D eigenvalue weighted by molar-refractivity contribution is -0.131. The molecule has 2 aromatic rings. The van der Waals surface area contributed by atoms with E-state index in [-0.39, 0.29) is 5.91 Å². The summed E-state index contributed by atoms with van der Waals surface area (Å²) in [6, 6.07) is 8.73. The van der Waals surface area contributed by atoms with Crippen molar-refractivity contribution in [2.75, 3.05) is 17.6 Å². The van der Waals surface area contributed by atoms with Crippen LogP contribution in [0.15, 0.2) is 28.6 Å². The largest absolute Gasteiger partial charge is 0.339 e. The third-order valence-corrected chi connectivity index (χ3v) is 6.63. The topological polar surface area (TPSA) is 58.1 Å². The molecule has 1 N–H and O–H groups in total. The minimum absolute atomic E-state index is 0.205. The molecule has 1 saturated heterocycles. The molecule has 0 aliphatic carbocycles. The molecular weight excluding hydrogens is 364 g/mol. The first kappa shape index (κ1) is 19.2. The molecule has 1 fully saturated rings. The molecule has 1 unspecified atom stereocenters. The first-order chi connectivity index (χ1) is 12.5. The van der Waals surface area contributed by atoms with Gasteiger partial charge < -0.3 is 10.2 Å². The van der Waals surface area contributed by atoms with E-state index in [0.29, 0.717) is 17.7 Å². The van der Waals surface area contributed by atoms with Crippen LogP contribution in [0.25, 0.3) is 0 Å². The Morgan fingerprint density at radius 3 is 2.77 bits per heavy atom. The number of anilines is 2. The van der Waals surface area contributed by atoms with E-state index in [2.05, 4.69) is 60.6 Å². The van der Waals surface area contributed by atoms with Gasteiger partial charge in [0.1, 0.15) is 0 Å². The van der Waals surface area contributed by atoms with Gasteiger partial charge in [-0.1, -0.05) is 49.1 Å². The van der Waals surface area contributed by atoms with E-state index >= 15 is 0 Å². The average molecular weight is 391 g/mol. The molecule has 1 aliphatic heterocycles. The standard InChI is InChI=1S/C19H26N4OS2/c1-13(2)15-7-9-16(10-8-15)20-18-21-22-19(26-18)25-12-17(24)23-11-5-4-6-14(23)3/h7-10,13-14H,4-6,11-12H2,1-3H3,(H,20,21). The van der Waals surface area contributed by atoms with Crippen molar-refractivity contribution in [1.29, 1.82) is 0 Å². The van der Waals surface area contributed by atoms with Gasteiger partial charge in [-0.15, -0.1) is 10.2 Å². The molecule has 3 rings (SSSR count). The number of piperidine rings is 1. The predicted molar refractivity (Wildman–Crippen MR) is 109 cm³/mol.